The van der Waals surface area contributed by atoms with E-state index in [0.717, 1.165) is 11.6 Å². The quantitative estimate of drug-likeness (QED) is 0.206. The van der Waals surface area contributed by atoms with Crippen molar-refractivity contribution in [2.75, 3.05) is 11.9 Å². The molecule has 1 aromatic heterocycles. The van der Waals surface area contributed by atoms with Crippen molar-refractivity contribution in [2.24, 2.45) is 0 Å². The summed E-state index contributed by atoms with van der Waals surface area (Å²) >= 11 is 0. The Bertz CT molecular complexity index is 1770. The van der Waals surface area contributed by atoms with Gasteiger partial charge in [-0.1, -0.05) is 54.6 Å². The molecule has 5 aromatic rings. The van der Waals surface area contributed by atoms with Gasteiger partial charge < -0.3 is 10.2 Å². The van der Waals surface area contributed by atoms with Crippen LogP contribution in [0, 0.1) is 5.82 Å². The molecule has 4 aromatic carbocycles. The Morgan fingerprint density at radius 1 is 0.905 bits per heavy atom. The Kier molecular flexibility index (Phi) is 8.06. The fourth-order valence-corrected chi connectivity index (χ4v) is 4.80. The molecule has 1 atom stereocenters. The zero-order chi connectivity index (χ0) is 29.9. The zero-order valence-electron chi connectivity index (χ0n) is 22.5. The number of nitrogens with one attached hydrogen (secondary N) is 1. The molecule has 1 heterocycles. The molecule has 1 N–H and O–H groups in total. The minimum Gasteiger partial charge on any atom is -0.314 e. The highest BCUT2D eigenvalue weighted by molar-refractivity contribution is 5.90. The second-order valence-corrected chi connectivity index (χ2v) is 9.68. The summed E-state index contributed by atoms with van der Waals surface area (Å²) in [5, 5.41) is 2.74. The van der Waals surface area contributed by atoms with E-state index in [0.29, 0.717) is 23.0 Å². The van der Waals surface area contributed by atoms with E-state index >= 15 is 0 Å². The minimum atomic E-state index is -4.69. The van der Waals surface area contributed by atoms with Crippen LogP contribution in [-0.2, 0) is 12.6 Å². The predicted molar refractivity (Wildman–Crippen MR) is 153 cm³/mol. The molecule has 10 heteroatoms. The van der Waals surface area contributed by atoms with Gasteiger partial charge in [-0.05, 0) is 67.4 Å². The third-order valence-electron chi connectivity index (χ3n) is 6.95. The van der Waals surface area contributed by atoms with Gasteiger partial charge in [0.15, 0.2) is 0 Å². The van der Waals surface area contributed by atoms with E-state index in [9.17, 15) is 27.2 Å². The minimum absolute atomic E-state index is 0.0946. The van der Waals surface area contributed by atoms with Crippen molar-refractivity contribution in [2.45, 2.75) is 25.6 Å². The van der Waals surface area contributed by atoms with Crippen LogP contribution in [0.2, 0.25) is 0 Å². The molecule has 6 nitrogen and oxygen atoms in total. The molecule has 2 amide bonds. The number of anilines is 1. The first kappa shape index (κ1) is 28.5. The van der Waals surface area contributed by atoms with E-state index < -0.39 is 40.9 Å². The van der Waals surface area contributed by atoms with Crippen LogP contribution in [0.25, 0.3) is 16.6 Å². The van der Waals surface area contributed by atoms with Gasteiger partial charge in [0.25, 0.3) is 5.56 Å². The first-order valence-electron chi connectivity index (χ1n) is 13.2. The topological polar surface area (TPSA) is 67.2 Å². The molecule has 0 radical (unpaired) electrons. The van der Waals surface area contributed by atoms with Gasteiger partial charge in [0.1, 0.15) is 11.6 Å². The highest BCUT2D eigenvalue weighted by atomic mass is 19.4. The summed E-state index contributed by atoms with van der Waals surface area (Å²) in [6, 6.07) is 24.3. The van der Waals surface area contributed by atoms with E-state index in [1.54, 1.807) is 31.2 Å². The van der Waals surface area contributed by atoms with Gasteiger partial charge in [0.2, 0.25) is 0 Å². The average molecular weight is 575 g/mol. The first-order valence-corrected chi connectivity index (χ1v) is 13.2. The molecule has 0 bridgehead atoms. The Balaban J connectivity index is 1.61. The molecule has 0 fully saturated rings. The number of alkyl halides is 3. The molecule has 214 valence electrons. The lowest BCUT2D eigenvalue weighted by atomic mass is 10.1. The van der Waals surface area contributed by atoms with Gasteiger partial charge in [-0.3, -0.25) is 9.36 Å². The summed E-state index contributed by atoms with van der Waals surface area (Å²) in [5.74, 6) is -0.333. The second-order valence-electron chi connectivity index (χ2n) is 9.68. The lowest BCUT2D eigenvalue weighted by Gasteiger charge is -2.31. The van der Waals surface area contributed by atoms with Crippen LogP contribution in [0.3, 0.4) is 0 Å². The standard InChI is InChI=1S/C32H26F4N4O2/c1-21(29-37-27-13-7-5-11-25(27)30(41)40(29)24-17-15-23(33)16-18-24)39(20-19-22-9-3-2-4-10-22)31(42)38-28-14-8-6-12-26(28)32(34,35)36/h2-18,21H,19-20H2,1H3,(H,38,42). The van der Waals surface area contributed by atoms with Crippen molar-refractivity contribution in [1.29, 1.82) is 0 Å². The Morgan fingerprint density at radius 2 is 1.55 bits per heavy atom. The predicted octanol–water partition coefficient (Wildman–Crippen LogP) is 7.38. The van der Waals surface area contributed by atoms with Crippen LogP contribution in [0.15, 0.2) is 108 Å². The molecule has 0 aliphatic heterocycles. The fourth-order valence-electron chi connectivity index (χ4n) is 4.80. The number of hydrogen-bond donors (Lipinski definition) is 1. The number of halogens is 4. The highest BCUT2D eigenvalue weighted by Gasteiger charge is 2.35. The van der Waals surface area contributed by atoms with E-state index in [-0.39, 0.29) is 12.4 Å². The lowest BCUT2D eigenvalue weighted by molar-refractivity contribution is -0.136. The normalized spacial score (nSPS) is 12.2. The summed E-state index contributed by atoms with van der Waals surface area (Å²) in [6.45, 7) is 1.74. The summed E-state index contributed by atoms with van der Waals surface area (Å²) < 4.78 is 56.2. The number of rotatable bonds is 7. The maximum Gasteiger partial charge on any atom is 0.418 e. The number of carbonyl (C=O) groups excluding carboxylic acids is 1. The molecule has 0 saturated carbocycles. The Labute approximate surface area is 238 Å². The highest BCUT2D eigenvalue weighted by Crippen LogP contribution is 2.35. The monoisotopic (exact) mass is 574 g/mol. The molecule has 0 aliphatic rings. The maximum atomic E-state index is 13.8. The molecule has 0 aliphatic carbocycles. The van der Waals surface area contributed by atoms with Crippen LogP contribution in [-0.4, -0.2) is 27.0 Å². The molecular weight excluding hydrogens is 548 g/mol. The van der Waals surface area contributed by atoms with Crippen LogP contribution in [0.4, 0.5) is 28.0 Å². The van der Waals surface area contributed by atoms with Crippen LogP contribution in [0.1, 0.15) is 29.9 Å². The van der Waals surface area contributed by atoms with Crippen molar-refractivity contribution in [3.63, 3.8) is 0 Å². The molecule has 42 heavy (non-hydrogen) atoms. The number of benzene rings is 4. The number of urea groups is 1. The second kappa shape index (κ2) is 11.9. The number of hydrogen-bond acceptors (Lipinski definition) is 3. The van der Waals surface area contributed by atoms with Crippen molar-refractivity contribution >= 4 is 22.6 Å². The van der Waals surface area contributed by atoms with Gasteiger partial charge in [0.05, 0.1) is 33.9 Å². The number of fused-ring (bicyclic) bond motifs is 1. The van der Waals surface area contributed by atoms with Crippen molar-refractivity contribution in [3.05, 3.63) is 136 Å². The number of nitrogens with zero attached hydrogens (tertiary/aromatic N) is 3. The van der Waals surface area contributed by atoms with Crippen molar-refractivity contribution < 1.29 is 22.4 Å². The van der Waals surface area contributed by atoms with Crippen LogP contribution in [0.5, 0.6) is 0 Å². The number of para-hydroxylation sites is 2. The first-order chi connectivity index (χ1) is 20.1. The van der Waals surface area contributed by atoms with E-state index in [1.807, 2.05) is 30.3 Å². The largest absolute Gasteiger partial charge is 0.418 e. The smallest absolute Gasteiger partial charge is 0.314 e. The number of amides is 2. The van der Waals surface area contributed by atoms with Crippen LogP contribution < -0.4 is 10.9 Å². The third kappa shape index (κ3) is 6.02. The van der Waals surface area contributed by atoms with E-state index in [4.69, 9.17) is 4.98 Å². The van der Waals surface area contributed by atoms with E-state index in [2.05, 4.69) is 5.32 Å². The van der Waals surface area contributed by atoms with Gasteiger partial charge in [-0.25, -0.2) is 14.2 Å². The molecule has 1 unspecified atom stereocenters. The van der Waals surface area contributed by atoms with Gasteiger partial charge in [-0.15, -0.1) is 0 Å². The van der Waals surface area contributed by atoms with Crippen molar-refractivity contribution in [3.8, 4) is 5.69 Å². The summed E-state index contributed by atoms with van der Waals surface area (Å²) in [6.07, 6.45) is -4.30. The fraction of sp³-hybridized carbons (Fsp3) is 0.156. The number of carbonyl (C=O) groups is 1. The maximum absolute atomic E-state index is 13.8. The van der Waals surface area contributed by atoms with E-state index in [1.165, 1.54) is 51.9 Å². The molecule has 0 spiro atoms. The SMILES string of the molecule is CC(c1nc2ccccc2c(=O)n1-c1ccc(F)cc1)N(CCc1ccccc1)C(=O)Nc1ccccc1C(F)(F)F. The van der Waals surface area contributed by atoms with Crippen LogP contribution >= 0.6 is 0 Å². The average Bonchev–Trinajstić information content (AvgIpc) is 2.98. The zero-order valence-corrected chi connectivity index (χ0v) is 22.5. The Morgan fingerprint density at radius 3 is 2.26 bits per heavy atom. The van der Waals surface area contributed by atoms with Gasteiger partial charge >= 0.3 is 12.2 Å². The molecule has 5 rings (SSSR count). The molecular formula is C32H26F4N4O2. The number of aromatic nitrogens is 2. The van der Waals surface area contributed by atoms with Crippen molar-refractivity contribution in [1.82, 2.24) is 14.5 Å². The third-order valence-corrected chi connectivity index (χ3v) is 6.95. The molecule has 0 saturated heterocycles. The Hall–Kier alpha value is -4.99. The lowest BCUT2D eigenvalue weighted by Crippen LogP contribution is -2.41. The van der Waals surface area contributed by atoms with Gasteiger partial charge in [0, 0.05) is 6.54 Å². The van der Waals surface area contributed by atoms with Gasteiger partial charge in [-0.2, -0.15) is 13.2 Å². The summed E-state index contributed by atoms with van der Waals surface area (Å²) in [4.78, 5) is 33.6. The summed E-state index contributed by atoms with van der Waals surface area (Å²) in [5.41, 5.74) is -0.197. The summed E-state index contributed by atoms with van der Waals surface area (Å²) in [7, 11) is 0.